The van der Waals surface area contributed by atoms with E-state index in [9.17, 15) is 43.8 Å². The molecule has 0 aromatic heterocycles. The number of aliphatic hydroxyl groups is 1. The molecule has 0 saturated carbocycles. The Morgan fingerprint density at radius 3 is 1.15 bits per heavy atom. The molecule has 0 fully saturated rings. The molecular weight excluding hydrogens is 885 g/mol. The number of carboxylic acid groups (broad SMARTS) is 1. The van der Waals surface area contributed by atoms with Crippen LogP contribution in [0.25, 0.3) is 0 Å². The van der Waals surface area contributed by atoms with Crippen LogP contribution in [-0.4, -0.2) is 163 Å². The number of amides is 6. The number of unbranched alkanes of at least 4 members (excludes halogenated alkanes) is 2. The Labute approximate surface area is 389 Å². The van der Waals surface area contributed by atoms with Crippen LogP contribution in [0, 0.1) is 0 Å². The smallest absolute Gasteiger partial charge is 0.326 e. The summed E-state index contributed by atoms with van der Waals surface area (Å²) in [6.45, 7) is 0.0886. The van der Waals surface area contributed by atoms with E-state index in [4.69, 9.17) is 51.6 Å². The van der Waals surface area contributed by atoms with Crippen LogP contribution in [0.1, 0.15) is 83.5 Å². The largest absolute Gasteiger partial charge is 0.480 e. The highest BCUT2D eigenvalue weighted by Gasteiger charge is 2.33. The van der Waals surface area contributed by atoms with Gasteiger partial charge in [0.25, 0.3) is 0 Å². The summed E-state index contributed by atoms with van der Waals surface area (Å²) in [4.78, 5) is 105. The van der Waals surface area contributed by atoms with Gasteiger partial charge in [-0.1, -0.05) is 0 Å². The number of carbonyl (C=O) groups is 7. The van der Waals surface area contributed by atoms with Crippen LogP contribution in [0.4, 0.5) is 0 Å². The number of hydrogen-bond donors (Lipinski definition) is 17. The van der Waals surface area contributed by atoms with Gasteiger partial charge in [-0.2, -0.15) is 11.8 Å². The Balaban J connectivity index is 6.35. The van der Waals surface area contributed by atoms with Gasteiger partial charge in [0.1, 0.15) is 36.3 Å². The van der Waals surface area contributed by atoms with Crippen LogP contribution in [-0.2, 0) is 33.6 Å². The number of hydrogen-bond acceptors (Lipinski definition) is 15. The average Bonchev–Trinajstić information content (AvgIpc) is 3.26. The summed E-state index contributed by atoms with van der Waals surface area (Å²) in [5, 5.41) is 35.3. The van der Waals surface area contributed by atoms with Crippen molar-refractivity contribution >= 4 is 71.1 Å². The monoisotopic (exact) mass is 961 g/mol. The number of carboxylic acids is 1. The van der Waals surface area contributed by atoms with E-state index in [1.165, 1.54) is 11.8 Å². The van der Waals surface area contributed by atoms with Crippen LogP contribution < -0.4 is 83.5 Å². The molecule has 6 amide bonds. The molecule has 0 spiro atoms. The van der Waals surface area contributed by atoms with Gasteiger partial charge < -0.3 is 93.7 Å². The number of thioether (sulfide) groups is 1. The quantitative estimate of drug-likeness (QED) is 0.0156. The Morgan fingerprint density at radius 1 is 0.470 bits per heavy atom. The number of rotatable bonds is 37. The molecular formula is C38H76N18O9S. The van der Waals surface area contributed by atoms with Crippen molar-refractivity contribution in [3.8, 4) is 0 Å². The highest BCUT2D eigenvalue weighted by Crippen LogP contribution is 2.10. The maximum Gasteiger partial charge on any atom is 0.326 e. The molecule has 0 bridgehead atoms. The lowest BCUT2D eigenvalue weighted by Crippen LogP contribution is -2.60. The minimum Gasteiger partial charge on any atom is -0.480 e. The van der Waals surface area contributed by atoms with Gasteiger partial charge in [0.2, 0.25) is 35.4 Å². The van der Waals surface area contributed by atoms with Gasteiger partial charge in [-0.25, -0.2) is 4.79 Å². The van der Waals surface area contributed by atoms with Crippen molar-refractivity contribution in [2.24, 2.45) is 66.6 Å². The number of nitrogens with one attached hydrogen (secondary N) is 6. The zero-order valence-electron chi connectivity index (χ0n) is 37.9. The first kappa shape index (κ1) is 60.3. The van der Waals surface area contributed by atoms with Gasteiger partial charge in [-0.15, -0.1) is 0 Å². The normalized spacial score (nSPS) is 14.0. The van der Waals surface area contributed by atoms with Crippen molar-refractivity contribution < 1.29 is 43.8 Å². The Hall–Kier alpha value is -5.71. The molecule has 7 atom stereocenters. The summed E-state index contributed by atoms with van der Waals surface area (Å²) in [6, 6.07) is -9.03. The third-order valence-electron chi connectivity index (χ3n) is 9.66. The number of aliphatic imine (C=N–C) groups is 3. The molecule has 378 valence electrons. The summed E-state index contributed by atoms with van der Waals surface area (Å²) in [7, 11) is 0. The predicted octanol–water partition coefficient (Wildman–Crippen LogP) is -6.53. The molecule has 0 aliphatic carbocycles. The fraction of sp³-hybridized carbons (Fsp3) is 0.737. The van der Waals surface area contributed by atoms with Gasteiger partial charge in [0.15, 0.2) is 17.9 Å². The summed E-state index contributed by atoms with van der Waals surface area (Å²) in [6.07, 6.45) is 4.66. The van der Waals surface area contributed by atoms with Crippen LogP contribution in [0.3, 0.4) is 0 Å². The first-order valence-corrected chi connectivity index (χ1v) is 23.2. The van der Waals surface area contributed by atoms with E-state index in [1.807, 2.05) is 0 Å². The minimum atomic E-state index is -1.61. The predicted molar refractivity (Wildman–Crippen MR) is 253 cm³/mol. The van der Waals surface area contributed by atoms with Gasteiger partial charge >= 0.3 is 5.97 Å². The highest BCUT2D eigenvalue weighted by molar-refractivity contribution is 7.98. The van der Waals surface area contributed by atoms with Gasteiger partial charge in [0, 0.05) is 19.6 Å². The van der Waals surface area contributed by atoms with Crippen LogP contribution in [0.2, 0.25) is 0 Å². The number of aliphatic carboxylic acids is 1. The van der Waals surface area contributed by atoms with E-state index in [1.54, 1.807) is 6.26 Å². The van der Waals surface area contributed by atoms with Crippen molar-refractivity contribution in [3.63, 3.8) is 0 Å². The molecule has 0 aliphatic rings. The van der Waals surface area contributed by atoms with E-state index in [-0.39, 0.29) is 95.4 Å². The third kappa shape index (κ3) is 27.6. The molecule has 0 aromatic carbocycles. The maximum atomic E-state index is 13.9. The lowest BCUT2D eigenvalue weighted by Gasteiger charge is -2.27. The number of carbonyl (C=O) groups excluding carboxylic acids is 6. The van der Waals surface area contributed by atoms with Crippen molar-refractivity contribution in [1.29, 1.82) is 0 Å². The van der Waals surface area contributed by atoms with Crippen LogP contribution in [0.15, 0.2) is 15.0 Å². The molecule has 28 heteroatoms. The second-order valence-electron chi connectivity index (χ2n) is 15.2. The highest BCUT2D eigenvalue weighted by atomic mass is 32.2. The molecule has 0 aliphatic heterocycles. The second-order valence-corrected chi connectivity index (χ2v) is 16.2. The number of guanidine groups is 3. The summed E-state index contributed by atoms with van der Waals surface area (Å²) < 4.78 is 0. The number of nitrogens with zero attached hydrogens (tertiary/aromatic N) is 3. The molecule has 0 aromatic rings. The Morgan fingerprint density at radius 2 is 0.788 bits per heavy atom. The van der Waals surface area contributed by atoms with E-state index >= 15 is 0 Å². The van der Waals surface area contributed by atoms with Crippen molar-refractivity contribution in [3.05, 3.63) is 0 Å². The SMILES string of the molecule is CSCC[C@H](NC(=O)[C@H](CO)NC(=O)[C@H](CCCN=C(N)N)NC(=O)[C@@H](N)CCCN=C(N)N)C(=O)N[C@@H](CCCCN)C(=O)N[C@@H](CCCN=C(N)N)C(=O)N[C@@H](CCCCN)C(=O)O. The molecule has 0 heterocycles. The van der Waals surface area contributed by atoms with Crippen LogP contribution in [0.5, 0.6) is 0 Å². The average molecular weight is 961 g/mol. The van der Waals surface area contributed by atoms with E-state index in [0.29, 0.717) is 44.4 Å². The summed E-state index contributed by atoms with van der Waals surface area (Å²) >= 11 is 1.35. The third-order valence-corrected chi connectivity index (χ3v) is 10.3. The first-order valence-electron chi connectivity index (χ1n) is 21.8. The second kappa shape index (κ2) is 35.5. The topological polar surface area (TPSA) is 503 Å². The summed E-state index contributed by atoms with van der Waals surface area (Å²) in [5.41, 5.74) is 49.6. The van der Waals surface area contributed by atoms with Crippen LogP contribution >= 0.6 is 11.8 Å². The zero-order chi connectivity index (χ0) is 50.0. The summed E-state index contributed by atoms with van der Waals surface area (Å²) in [5.74, 6) is -6.32. The first-order chi connectivity index (χ1) is 31.3. The van der Waals surface area contributed by atoms with E-state index in [2.05, 4.69) is 46.9 Å². The maximum absolute atomic E-state index is 13.9. The molecule has 0 rings (SSSR count). The van der Waals surface area contributed by atoms with Gasteiger partial charge in [-0.3, -0.25) is 43.7 Å². The number of aliphatic hydroxyl groups excluding tert-OH is 1. The van der Waals surface area contributed by atoms with Crippen molar-refractivity contribution in [2.45, 2.75) is 126 Å². The lowest BCUT2D eigenvalue weighted by molar-refractivity contribution is -0.142. The molecule has 0 saturated heterocycles. The van der Waals surface area contributed by atoms with E-state index in [0.717, 1.165) is 0 Å². The molecule has 0 radical (unpaired) electrons. The molecule has 66 heavy (non-hydrogen) atoms. The Kier molecular flexibility index (Phi) is 32.5. The van der Waals surface area contributed by atoms with Crippen molar-refractivity contribution in [1.82, 2.24) is 31.9 Å². The van der Waals surface area contributed by atoms with E-state index < -0.39 is 90.3 Å². The van der Waals surface area contributed by atoms with Gasteiger partial charge in [-0.05, 0) is 109 Å². The fourth-order valence-electron chi connectivity index (χ4n) is 6.05. The van der Waals surface area contributed by atoms with Crippen molar-refractivity contribution in [2.75, 3.05) is 51.3 Å². The zero-order valence-corrected chi connectivity index (χ0v) is 38.7. The molecule has 27 nitrogen and oxygen atoms in total. The minimum absolute atomic E-state index is 0.00504. The Bertz CT molecular complexity index is 1600. The standard InChI is InChI=1S/C38H76N18O9S/c1-66-20-14-26(54-34(63)28(21-57)56-32(61)24(12-7-18-49-37(44)45)51-29(58)22(41)9-6-17-48-36(42)43)33(62)52-23(10-2-4-15-39)30(59)53-25(13-8-19-50-38(46)47)31(60)55-27(35(64)65)11-3-5-16-40/h22-28,57H,2-21,39-41H2,1H3,(H,51,58)(H,52,62)(H,53,59)(H,54,63)(H,55,60)(H,56,61)(H,64,65)(H4,42,43,48)(H4,44,45,49)(H4,46,47,50)/t22-,23-,24-,25-,26-,27-,28-/m0/s1. The lowest BCUT2D eigenvalue weighted by atomic mass is 10.0. The molecule has 0 unspecified atom stereocenters. The number of nitrogens with two attached hydrogens (primary N) is 9. The fourth-order valence-corrected chi connectivity index (χ4v) is 6.52. The molecule has 26 N–H and O–H groups in total. The van der Waals surface area contributed by atoms with Gasteiger partial charge in [0.05, 0.1) is 12.6 Å².